The number of hydrogen-bond acceptors (Lipinski definition) is 2. The van der Waals surface area contributed by atoms with E-state index in [1.165, 1.54) is 19.2 Å². The summed E-state index contributed by atoms with van der Waals surface area (Å²) >= 11 is 3.25. The average molecular weight is 331 g/mol. The van der Waals surface area contributed by atoms with Gasteiger partial charge in [-0.15, -0.1) is 0 Å². The van der Waals surface area contributed by atoms with E-state index >= 15 is 0 Å². The molecule has 6 heteroatoms. The highest BCUT2D eigenvalue weighted by Gasteiger charge is 2.32. The maximum atomic E-state index is 12.8. The molecule has 0 saturated carbocycles. The van der Waals surface area contributed by atoms with Crippen molar-refractivity contribution in [1.82, 2.24) is 4.98 Å². The Morgan fingerprint density at radius 2 is 1.84 bits per heavy atom. The van der Waals surface area contributed by atoms with E-state index in [1.807, 2.05) is 0 Å². The van der Waals surface area contributed by atoms with Gasteiger partial charge in [0.1, 0.15) is 0 Å². The molecule has 0 aliphatic heterocycles. The van der Waals surface area contributed by atoms with E-state index in [2.05, 4.69) is 26.2 Å². The van der Waals surface area contributed by atoms with Crippen molar-refractivity contribution in [2.24, 2.45) is 0 Å². The molecule has 1 aromatic carbocycles. The third kappa shape index (κ3) is 3.47. The van der Waals surface area contributed by atoms with Crippen molar-refractivity contribution in [3.8, 4) is 0 Å². The van der Waals surface area contributed by atoms with Crippen LogP contribution in [0.25, 0.3) is 0 Å². The maximum Gasteiger partial charge on any atom is 0.416 e. The predicted molar refractivity (Wildman–Crippen MR) is 71.4 cm³/mol. The first kappa shape index (κ1) is 13.9. The fourth-order valence-corrected chi connectivity index (χ4v) is 2.02. The SMILES string of the molecule is Cc1ccc(Nc2cncc(Br)c2)cc1C(F)(F)F. The van der Waals surface area contributed by atoms with Gasteiger partial charge in [0.2, 0.25) is 0 Å². The lowest BCUT2D eigenvalue weighted by Gasteiger charge is -2.13. The minimum absolute atomic E-state index is 0.199. The molecule has 100 valence electrons. The van der Waals surface area contributed by atoms with Crippen LogP contribution in [0.5, 0.6) is 0 Å². The Balaban J connectivity index is 2.32. The largest absolute Gasteiger partial charge is 0.416 e. The zero-order chi connectivity index (χ0) is 14.0. The third-order valence-corrected chi connectivity index (χ3v) is 2.97. The molecule has 0 radical (unpaired) electrons. The number of aromatic nitrogens is 1. The summed E-state index contributed by atoms with van der Waals surface area (Å²) in [6.07, 6.45) is -1.21. The Kier molecular flexibility index (Phi) is 3.80. The second kappa shape index (κ2) is 5.21. The lowest BCUT2D eigenvalue weighted by molar-refractivity contribution is -0.138. The summed E-state index contributed by atoms with van der Waals surface area (Å²) in [5, 5.41) is 2.89. The van der Waals surface area contributed by atoms with Crippen LogP contribution in [0.1, 0.15) is 11.1 Å². The third-order valence-electron chi connectivity index (χ3n) is 2.54. The van der Waals surface area contributed by atoms with E-state index in [9.17, 15) is 13.2 Å². The molecule has 0 fully saturated rings. The molecule has 0 aliphatic rings. The topological polar surface area (TPSA) is 24.9 Å². The molecule has 0 saturated heterocycles. The molecule has 2 nitrogen and oxygen atoms in total. The van der Waals surface area contributed by atoms with Crippen LogP contribution in [0.15, 0.2) is 41.1 Å². The van der Waals surface area contributed by atoms with Crippen LogP contribution in [-0.2, 0) is 6.18 Å². The predicted octanol–water partition coefficient (Wildman–Crippen LogP) is 4.91. The number of hydrogen-bond donors (Lipinski definition) is 1. The van der Waals surface area contributed by atoms with Gasteiger partial charge in [-0.3, -0.25) is 4.98 Å². The van der Waals surface area contributed by atoms with Gasteiger partial charge in [-0.25, -0.2) is 0 Å². The molecule has 2 aromatic rings. The fraction of sp³-hybridized carbons (Fsp3) is 0.154. The van der Waals surface area contributed by atoms with Gasteiger partial charge in [0.25, 0.3) is 0 Å². The van der Waals surface area contributed by atoms with Crippen LogP contribution in [0.4, 0.5) is 24.5 Å². The molecule has 1 heterocycles. The lowest BCUT2D eigenvalue weighted by Crippen LogP contribution is -2.08. The summed E-state index contributed by atoms with van der Waals surface area (Å²) in [6, 6.07) is 5.87. The van der Waals surface area contributed by atoms with Gasteiger partial charge in [-0.2, -0.15) is 13.2 Å². The first-order valence-electron chi connectivity index (χ1n) is 5.42. The Hall–Kier alpha value is -1.56. The summed E-state index contributed by atoms with van der Waals surface area (Å²) in [4.78, 5) is 3.94. The summed E-state index contributed by atoms with van der Waals surface area (Å²) in [7, 11) is 0. The molecule has 0 unspecified atom stereocenters. The monoisotopic (exact) mass is 330 g/mol. The van der Waals surface area contributed by atoms with Gasteiger partial charge in [0.05, 0.1) is 17.4 Å². The first-order chi connectivity index (χ1) is 8.86. The van der Waals surface area contributed by atoms with Gasteiger partial charge in [0, 0.05) is 16.4 Å². The Labute approximate surface area is 116 Å². The van der Waals surface area contributed by atoms with Gasteiger partial charge in [-0.05, 0) is 46.6 Å². The Morgan fingerprint density at radius 3 is 2.47 bits per heavy atom. The van der Waals surface area contributed by atoms with Crippen LogP contribution in [-0.4, -0.2) is 4.98 Å². The van der Waals surface area contributed by atoms with Gasteiger partial charge in [0.15, 0.2) is 0 Å². The summed E-state index contributed by atoms with van der Waals surface area (Å²) < 4.78 is 39.1. The zero-order valence-corrected chi connectivity index (χ0v) is 11.5. The van der Waals surface area contributed by atoms with Crippen molar-refractivity contribution in [2.45, 2.75) is 13.1 Å². The molecule has 0 spiro atoms. The smallest absolute Gasteiger partial charge is 0.354 e. The highest BCUT2D eigenvalue weighted by atomic mass is 79.9. The first-order valence-corrected chi connectivity index (χ1v) is 6.21. The Bertz CT molecular complexity index is 597. The van der Waals surface area contributed by atoms with E-state index in [0.717, 1.165) is 10.5 Å². The standard InChI is InChI=1S/C13H10BrF3N2/c1-8-2-3-10(5-12(8)13(15,16)17)19-11-4-9(14)6-18-7-11/h2-7,19H,1H3. The summed E-state index contributed by atoms with van der Waals surface area (Å²) in [5.41, 5.74) is 0.551. The van der Waals surface area contributed by atoms with Gasteiger partial charge < -0.3 is 5.32 Å². The molecule has 0 atom stereocenters. The van der Waals surface area contributed by atoms with E-state index < -0.39 is 11.7 Å². The van der Waals surface area contributed by atoms with E-state index in [0.29, 0.717) is 11.4 Å². The number of halogens is 4. The fourth-order valence-electron chi connectivity index (χ4n) is 1.65. The van der Waals surface area contributed by atoms with Crippen LogP contribution < -0.4 is 5.32 Å². The van der Waals surface area contributed by atoms with Crippen molar-refractivity contribution in [1.29, 1.82) is 0 Å². The minimum atomic E-state index is -4.35. The normalized spacial score (nSPS) is 11.4. The number of aryl methyl sites for hydroxylation is 1. The molecule has 0 bridgehead atoms. The van der Waals surface area contributed by atoms with Crippen molar-refractivity contribution in [3.05, 3.63) is 52.3 Å². The summed E-state index contributed by atoms with van der Waals surface area (Å²) in [5.74, 6) is 0. The maximum absolute atomic E-state index is 12.8. The van der Waals surface area contributed by atoms with Crippen LogP contribution in [0.3, 0.4) is 0 Å². The minimum Gasteiger partial charge on any atom is -0.354 e. The van der Waals surface area contributed by atoms with Crippen molar-refractivity contribution >= 4 is 27.3 Å². The molecule has 0 amide bonds. The molecule has 1 aromatic heterocycles. The van der Waals surface area contributed by atoms with E-state index in [4.69, 9.17) is 0 Å². The molecular formula is C13H10BrF3N2. The lowest BCUT2D eigenvalue weighted by atomic mass is 10.1. The average Bonchev–Trinajstić information content (AvgIpc) is 2.30. The number of nitrogens with zero attached hydrogens (tertiary/aromatic N) is 1. The van der Waals surface area contributed by atoms with Crippen LogP contribution >= 0.6 is 15.9 Å². The molecular weight excluding hydrogens is 321 g/mol. The van der Waals surface area contributed by atoms with Gasteiger partial charge in [-0.1, -0.05) is 6.07 Å². The quantitative estimate of drug-likeness (QED) is 0.845. The highest BCUT2D eigenvalue weighted by Crippen LogP contribution is 2.34. The second-order valence-electron chi connectivity index (χ2n) is 4.04. The second-order valence-corrected chi connectivity index (χ2v) is 4.96. The Morgan fingerprint density at radius 1 is 1.11 bits per heavy atom. The molecule has 2 rings (SSSR count). The zero-order valence-electron chi connectivity index (χ0n) is 9.92. The number of rotatable bonds is 2. The summed E-state index contributed by atoms with van der Waals surface area (Å²) in [6.45, 7) is 1.44. The number of benzene rings is 1. The van der Waals surface area contributed by atoms with Crippen molar-refractivity contribution < 1.29 is 13.2 Å². The molecule has 0 aliphatic carbocycles. The number of anilines is 2. The van der Waals surface area contributed by atoms with Crippen LogP contribution in [0.2, 0.25) is 0 Å². The molecule has 19 heavy (non-hydrogen) atoms. The van der Waals surface area contributed by atoms with Crippen molar-refractivity contribution in [2.75, 3.05) is 5.32 Å². The van der Waals surface area contributed by atoms with E-state index in [1.54, 1.807) is 18.3 Å². The molecule has 1 N–H and O–H groups in total. The number of nitrogens with one attached hydrogen (secondary N) is 1. The highest BCUT2D eigenvalue weighted by molar-refractivity contribution is 9.10. The number of alkyl halides is 3. The van der Waals surface area contributed by atoms with Gasteiger partial charge >= 0.3 is 6.18 Å². The van der Waals surface area contributed by atoms with Crippen LogP contribution in [0, 0.1) is 6.92 Å². The van der Waals surface area contributed by atoms with E-state index in [-0.39, 0.29) is 5.56 Å². The van der Waals surface area contributed by atoms with Crippen molar-refractivity contribution in [3.63, 3.8) is 0 Å². The number of pyridine rings is 1.